The van der Waals surface area contributed by atoms with Crippen molar-refractivity contribution < 1.29 is 13.2 Å². The number of carbonyl (C=O) groups excluding carboxylic acids is 1. The summed E-state index contributed by atoms with van der Waals surface area (Å²) in [5.41, 5.74) is 0. The van der Waals surface area contributed by atoms with Crippen molar-refractivity contribution in [2.45, 2.75) is 76.1 Å². The Hall–Kier alpha value is -0.620. The quantitative estimate of drug-likeness (QED) is 0.775. The van der Waals surface area contributed by atoms with Crippen LogP contribution in [0, 0.1) is 5.92 Å². The summed E-state index contributed by atoms with van der Waals surface area (Å²) in [5, 5.41) is -0.164. The molecule has 0 N–H and O–H groups in total. The van der Waals surface area contributed by atoms with E-state index in [1.807, 2.05) is 4.90 Å². The van der Waals surface area contributed by atoms with Crippen molar-refractivity contribution in [3.8, 4) is 0 Å². The molecule has 1 heterocycles. The maximum atomic E-state index is 12.8. The normalized spacial score (nSPS) is 25.2. The van der Waals surface area contributed by atoms with Crippen LogP contribution in [0.2, 0.25) is 0 Å². The van der Waals surface area contributed by atoms with Gasteiger partial charge in [-0.1, -0.05) is 19.3 Å². The fraction of sp³-hybridized carbons (Fsp3) is 0.938. The Morgan fingerprint density at radius 3 is 2.14 bits per heavy atom. The molecule has 0 bridgehead atoms. The molecule has 0 radical (unpaired) electrons. The van der Waals surface area contributed by atoms with Gasteiger partial charge in [0.15, 0.2) is 0 Å². The van der Waals surface area contributed by atoms with Gasteiger partial charge >= 0.3 is 0 Å². The molecule has 0 unspecified atom stereocenters. The van der Waals surface area contributed by atoms with Crippen LogP contribution in [0.25, 0.3) is 0 Å². The predicted molar refractivity (Wildman–Crippen MR) is 85.9 cm³/mol. The van der Waals surface area contributed by atoms with Gasteiger partial charge in [0.2, 0.25) is 15.9 Å². The topological polar surface area (TPSA) is 57.7 Å². The molecule has 1 saturated heterocycles. The third kappa shape index (κ3) is 3.04. The van der Waals surface area contributed by atoms with Gasteiger partial charge in [-0.3, -0.25) is 4.79 Å². The summed E-state index contributed by atoms with van der Waals surface area (Å²) in [6, 6.07) is 0.556. The molecule has 0 atom stereocenters. The van der Waals surface area contributed by atoms with Crippen LogP contribution < -0.4 is 0 Å². The Morgan fingerprint density at radius 2 is 1.64 bits per heavy atom. The average molecular weight is 328 g/mol. The van der Waals surface area contributed by atoms with Crippen LogP contribution in [-0.4, -0.2) is 54.0 Å². The second-order valence-corrected chi connectivity index (χ2v) is 9.60. The monoisotopic (exact) mass is 328 g/mol. The lowest BCUT2D eigenvalue weighted by atomic mass is 9.91. The molecule has 0 aromatic rings. The Balaban J connectivity index is 1.60. The van der Waals surface area contributed by atoms with E-state index in [1.165, 1.54) is 23.6 Å². The van der Waals surface area contributed by atoms with Crippen molar-refractivity contribution in [3.63, 3.8) is 0 Å². The zero-order chi connectivity index (χ0) is 15.9. The van der Waals surface area contributed by atoms with E-state index in [1.54, 1.807) is 0 Å². The number of hydrogen-bond acceptors (Lipinski definition) is 3. The zero-order valence-corrected chi connectivity index (χ0v) is 14.5. The molecule has 3 rings (SSSR count). The molecular formula is C16H28N2O3S. The summed E-state index contributed by atoms with van der Waals surface area (Å²) in [6.07, 6.45) is 7.45. The average Bonchev–Trinajstić information content (AvgIpc) is 3.22. The molecule has 6 heteroatoms. The van der Waals surface area contributed by atoms with Crippen LogP contribution in [0.5, 0.6) is 0 Å². The van der Waals surface area contributed by atoms with Crippen LogP contribution in [0.4, 0.5) is 0 Å². The summed E-state index contributed by atoms with van der Waals surface area (Å²) in [5.74, 6) is 0.0435. The first-order valence-electron chi connectivity index (χ1n) is 8.72. The largest absolute Gasteiger partial charge is 0.337 e. The highest BCUT2D eigenvalue weighted by Gasteiger charge is 2.48. The maximum Gasteiger partial charge on any atom is 0.228 e. The number of hydrogen-bond donors (Lipinski definition) is 0. The van der Waals surface area contributed by atoms with Crippen molar-refractivity contribution in [3.05, 3.63) is 0 Å². The van der Waals surface area contributed by atoms with E-state index >= 15 is 0 Å². The lowest BCUT2D eigenvalue weighted by molar-refractivity contribution is -0.144. The Labute approximate surface area is 134 Å². The fourth-order valence-electron chi connectivity index (χ4n) is 3.80. The van der Waals surface area contributed by atoms with Gasteiger partial charge in [0.05, 0.1) is 11.2 Å². The third-order valence-corrected chi connectivity index (χ3v) is 7.61. The van der Waals surface area contributed by atoms with Crippen LogP contribution >= 0.6 is 0 Å². The minimum atomic E-state index is -3.10. The number of nitrogens with zero attached hydrogens (tertiary/aromatic N) is 2. The van der Waals surface area contributed by atoms with Gasteiger partial charge in [-0.05, 0) is 39.5 Å². The Bertz CT molecular complexity index is 516. The molecule has 5 nitrogen and oxygen atoms in total. The molecule has 0 aromatic heterocycles. The standard InChI is InChI=1S/C16H28N2O3S/c1-12(2)18(14-6-4-3-5-7-14)16(19)13-10-17(11-13)22(20,21)15-8-9-15/h12-15H,3-11H2,1-2H3. The Kier molecular flexibility index (Phi) is 4.52. The number of sulfonamides is 1. The van der Waals surface area contributed by atoms with Gasteiger partial charge < -0.3 is 4.90 Å². The second kappa shape index (κ2) is 6.11. The van der Waals surface area contributed by atoms with Crippen molar-refractivity contribution in [2.75, 3.05) is 13.1 Å². The SMILES string of the molecule is CC(C)N(C(=O)C1CN(S(=O)(=O)C2CC2)C1)C1CCCCC1. The van der Waals surface area contributed by atoms with Gasteiger partial charge in [0.1, 0.15) is 0 Å². The smallest absolute Gasteiger partial charge is 0.228 e. The van der Waals surface area contributed by atoms with Crippen molar-refractivity contribution in [1.82, 2.24) is 9.21 Å². The number of carbonyl (C=O) groups is 1. The number of rotatable bonds is 5. The van der Waals surface area contributed by atoms with Crippen molar-refractivity contribution in [1.29, 1.82) is 0 Å². The molecule has 1 amide bonds. The molecule has 0 spiro atoms. The molecule has 3 aliphatic rings. The van der Waals surface area contributed by atoms with Gasteiger partial charge in [0.25, 0.3) is 0 Å². The third-order valence-electron chi connectivity index (χ3n) is 5.28. The lowest BCUT2D eigenvalue weighted by Gasteiger charge is -2.44. The molecule has 1 aliphatic heterocycles. The summed E-state index contributed by atoms with van der Waals surface area (Å²) < 4.78 is 25.8. The summed E-state index contributed by atoms with van der Waals surface area (Å²) in [4.78, 5) is 14.9. The van der Waals surface area contributed by atoms with E-state index in [9.17, 15) is 13.2 Å². The summed E-state index contributed by atoms with van der Waals surface area (Å²) in [6.45, 7) is 4.94. The van der Waals surface area contributed by atoms with Crippen LogP contribution in [0.3, 0.4) is 0 Å². The van der Waals surface area contributed by atoms with E-state index < -0.39 is 10.0 Å². The highest BCUT2D eigenvalue weighted by molar-refractivity contribution is 7.90. The van der Waals surface area contributed by atoms with Crippen molar-refractivity contribution >= 4 is 15.9 Å². The van der Waals surface area contributed by atoms with Gasteiger partial charge in [-0.2, -0.15) is 4.31 Å². The number of amides is 1. The first kappa shape index (κ1) is 16.2. The fourth-order valence-corrected chi connectivity index (χ4v) is 5.73. The highest BCUT2D eigenvalue weighted by Crippen LogP contribution is 2.35. The second-order valence-electron chi connectivity index (χ2n) is 7.39. The predicted octanol–water partition coefficient (Wildman–Crippen LogP) is 1.98. The molecule has 2 saturated carbocycles. The van der Waals surface area contributed by atoms with Gasteiger partial charge in [-0.25, -0.2) is 8.42 Å². The Morgan fingerprint density at radius 1 is 1.05 bits per heavy atom. The first-order valence-corrected chi connectivity index (χ1v) is 10.2. The van der Waals surface area contributed by atoms with E-state index in [-0.39, 0.29) is 23.1 Å². The molecule has 126 valence electrons. The molecule has 22 heavy (non-hydrogen) atoms. The van der Waals surface area contributed by atoms with Gasteiger partial charge in [0, 0.05) is 25.2 Å². The van der Waals surface area contributed by atoms with E-state index in [0.717, 1.165) is 25.7 Å². The van der Waals surface area contributed by atoms with Crippen LogP contribution in [0.1, 0.15) is 58.8 Å². The molecule has 2 aliphatic carbocycles. The van der Waals surface area contributed by atoms with E-state index in [0.29, 0.717) is 19.1 Å². The van der Waals surface area contributed by atoms with E-state index in [2.05, 4.69) is 13.8 Å². The molecule has 3 fully saturated rings. The maximum absolute atomic E-state index is 12.8. The van der Waals surface area contributed by atoms with Gasteiger partial charge in [-0.15, -0.1) is 0 Å². The van der Waals surface area contributed by atoms with Crippen LogP contribution in [-0.2, 0) is 14.8 Å². The minimum Gasteiger partial charge on any atom is -0.337 e. The van der Waals surface area contributed by atoms with Crippen LogP contribution in [0.15, 0.2) is 0 Å². The minimum absolute atomic E-state index is 0.127. The summed E-state index contributed by atoms with van der Waals surface area (Å²) >= 11 is 0. The lowest BCUT2D eigenvalue weighted by Crippen LogP contribution is -2.59. The van der Waals surface area contributed by atoms with E-state index in [4.69, 9.17) is 0 Å². The van der Waals surface area contributed by atoms with Crippen molar-refractivity contribution in [2.24, 2.45) is 5.92 Å². The molecular weight excluding hydrogens is 300 g/mol. The first-order chi connectivity index (χ1) is 10.4. The summed E-state index contributed by atoms with van der Waals surface area (Å²) in [7, 11) is -3.10. The highest BCUT2D eigenvalue weighted by atomic mass is 32.2. The molecule has 0 aromatic carbocycles. The zero-order valence-electron chi connectivity index (χ0n) is 13.7.